The highest BCUT2D eigenvalue weighted by atomic mass is 16.5. The molecule has 0 fully saturated rings. The molecule has 12 heteroatoms. The van der Waals surface area contributed by atoms with Gasteiger partial charge in [0.25, 0.3) is 5.91 Å². The van der Waals surface area contributed by atoms with Crippen LogP contribution >= 0.6 is 0 Å². The molecule has 0 bridgehead atoms. The van der Waals surface area contributed by atoms with E-state index in [-0.39, 0.29) is 30.7 Å². The van der Waals surface area contributed by atoms with Crippen LogP contribution < -0.4 is 20.3 Å². The summed E-state index contributed by atoms with van der Waals surface area (Å²) in [5.41, 5.74) is 4.99. The number of hydrogen-bond acceptors (Lipinski definition) is 9. The fourth-order valence-electron chi connectivity index (χ4n) is 2.41. The zero-order valence-corrected chi connectivity index (χ0v) is 16.6. The first-order chi connectivity index (χ1) is 14.5. The van der Waals surface area contributed by atoms with Gasteiger partial charge in [-0.3, -0.25) is 25.5 Å². The van der Waals surface area contributed by atoms with Gasteiger partial charge in [0, 0.05) is 18.4 Å². The normalized spacial score (nSPS) is 10.7. The predicted octanol–water partition coefficient (Wildman–Crippen LogP) is 1.04. The maximum atomic E-state index is 12.3. The number of hydrazine groups is 1. The van der Waals surface area contributed by atoms with E-state index in [4.69, 9.17) is 14.0 Å². The molecule has 30 heavy (non-hydrogen) atoms. The third-order valence-corrected chi connectivity index (χ3v) is 3.76. The highest BCUT2D eigenvalue weighted by Gasteiger charge is 2.15. The number of methoxy groups -OCH3 is 1. The van der Waals surface area contributed by atoms with Crippen molar-refractivity contribution >= 4 is 11.8 Å². The van der Waals surface area contributed by atoms with Crippen molar-refractivity contribution in [3.63, 3.8) is 0 Å². The third kappa shape index (κ3) is 5.31. The molecule has 1 aromatic carbocycles. The van der Waals surface area contributed by atoms with Crippen molar-refractivity contribution in [3.05, 3.63) is 36.0 Å². The van der Waals surface area contributed by atoms with Crippen molar-refractivity contribution < 1.29 is 23.6 Å². The van der Waals surface area contributed by atoms with Crippen LogP contribution in [0.5, 0.6) is 11.5 Å². The minimum atomic E-state index is -0.497. The van der Waals surface area contributed by atoms with Crippen molar-refractivity contribution in [2.75, 3.05) is 7.11 Å². The zero-order valence-electron chi connectivity index (χ0n) is 16.6. The van der Waals surface area contributed by atoms with Gasteiger partial charge in [0.2, 0.25) is 17.6 Å². The Bertz CT molecular complexity index is 1000. The second-order valence-corrected chi connectivity index (χ2v) is 6.38. The Morgan fingerprint density at radius 2 is 2.07 bits per heavy atom. The van der Waals surface area contributed by atoms with Gasteiger partial charge < -0.3 is 14.0 Å². The van der Waals surface area contributed by atoms with Crippen LogP contribution in [0.25, 0.3) is 11.6 Å². The molecule has 3 N–H and O–H groups in total. The molecular formula is C18H21N7O5. The van der Waals surface area contributed by atoms with E-state index in [1.54, 1.807) is 12.1 Å². The minimum absolute atomic E-state index is 0.0306. The van der Waals surface area contributed by atoms with E-state index < -0.39 is 11.8 Å². The second-order valence-electron chi connectivity index (χ2n) is 6.38. The number of amides is 2. The highest BCUT2D eigenvalue weighted by Crippen LogP contribution is 2.28. The summed E-state index contributed by atoms with van der Waals surface area (Å²) in [5, 5.41) is 10.1. The predicted molar refractivity (Wildman–Crippen MR) is 102 cm³/mol. The molecule has 0 atom stereocenters. The van der Waals surface area contributed by atoms with Gasteiger partial charge in [-0.15, -0.1) is 0 Å². The molecule has 158 valence electrons. The fourth-order valence-corrected chi connectivity index (χ4v) is 2.41. The van der Waals surface area contributed by atoms with E-state index in [2.05, 4.69) is 36.2 Å². The Balaban J connectivity index is 1.49. The summed E-state index contributed by atoms with van der Waals surface area (Å²) in [6, 6.07) is 4.74. The molecule has 2 amide bonds. The molecular weight excluding hydrogens is 394 g/mol. The summed E-state index contributed by atoms with van der Waals surface area (Å²) in [6.45, 7) is 3.78. The molecule has 0 aliphatic rings. The number of aromatic nitrogens is 5. The Kier molecular flexibility index (Phi) is 6.57. The Morgan fingerprint density at radius 1 is 1.23 bits per heavy atom. The number of nitrogens with one attached hydrogen (secondary N) is 3. The summed E-state index contributed by atoms with van der Waals surface area (Å²) < 4.78 is 15.9. The number of H-pyrrole nitrogens is 1. The number of carbonyl (C=O) groups is 2. The molecule has 0 aliphatic heterocycles. The van der Waals surface area contributed by atoms with E-state index >= 15 is 0 Å². The van der Waals surface area contributed by atoms with Crippen LogP contribution in [0.1, 0.15) is 36.5 Å². The summed E-state index contributed by atoms with van der Waals surface area (Å²) >= 11 is 0. The molecule has 12 nitrogen and oxygen atoms in total. The first-order valence-electron chi connectivity index (χ1n) is 9.08. The number of hydrogen-bond donors (Lipinski definition) is 3. The smallest absolute Gasteiger partial charge is 0.269 e. The minimum Gasteiger partial charge on any atom is -0.493 e. The van der Waals surface area contributed by atoms with E-state index in [1.807, 2.05) is 13.8 Å². The molecule has 0 radical (unpaired) electrons. The van der Waals surface area contributed by atoms with Crippen LogP contribution in [-0.4, -0.2) is 50.4 Å². The van der Waals surface area contributed by atoms with Crippen LogP contribution in [0.4, 0.5) is 0 Å². The Labute approximate surface area is 171 Å². The summed E-state index contributed by atoms with van der Waals surface area (Å²) in [4.78, 5) is 32.3. The van der Waals surface area contributed by atoms with Crippen LogP contribution in [0, 0.1) is 0 Å². The molecule has 0 saturated carbocycles. The summed E-state index contributed by atoms with van der Waals surface area (Å²) in [7, 11) is 1.48. The lowest BCUT2D eigenvalue weighted by Gasteiger charge is -2.14. The number of benzene rings is 1. The lowest BCUT2D eigenvalue weighted by atomic mass is 10.2. The molecule has 3 rings (SSSR count). The topological polar surface area (TPSA) is 157 Å². The quantitative estimate of drug-likeness (QED) is 0.457. The van der Waals surface area contributed by atoms with Crippen LogP contribution in [0.15, 0.2) is 29.0 Å². The average molecular weight is 415 g/mol. The fraction of sp³-hybridized carbons (Fsp3) is 0.333. The molecule has 2 aromatic heterocycles. The first-order valence-corrected chi connectivity index (χ1v) is 9.08. The van der Waals surface area contributed by atoms with Crippen LogP contribution in [-0.2, 0) is 11.2 Å². The largest absolute Gasteiger partial charge is 0.493 e. The third-order valence-electron chi connectivity index (χ3n) is 3.76. The average Bonchev–Trinajstić information content (AvgIpc) is 3.42. The number of rotatable bonds is 8. The van der Waals surface area contributed by atoms with Crippen molar-refractivity contribution in [1.82, 2.24) is 36.2 Å². The summed E-state index contributed by atoms with van der Waals surface area (Å²) in [6.07, 6.45) is 1.51. The van der Waals surface area contributed by atoms with E-state index in [9.17, 15) is 9.59 Å². The van der Waals surface area contributed by atoms with Crippen LogP contribution in [0.3, 0.4) is 0 Å². The highest BCUT2D eigenvalue weighted by molar-refractivity contribution is 5.96. The molecule has 0 aliphatic carbocycles. The van der Waals surface area contributed by atoms with E-state index in [0.717, 1.165) is 0 Å². The Morgan fingerprint density at radius 3 is 2.77 bits per heavy atom. The first kappa shape index (κ1) is 20.8. The molecule has 0 unspecified atom stereocenters. The van der Waals surface area contributed by atoms with Crippen molar-refractivity contribution in [3.8, 4) is 23.1 Å². The zero-order chi connectivity index (χ0) is 21.5. The number of aryl methyl sites for hydroxylation is 1. The number of nitrogens with zero attached hydrogens (tertiary/aromatic N) is 4. The van der Waals surface area contributed by atoms with Crippen LogP contribution in [0.2, 0.25) is 0 Å². The van der Waals surface area contributed by atoms with Crippen molar-refractivity contribution in [2.24, 2.45) is 0 Å². The van der Waals surface area contributed by atoms with Gasteiger partial charge in [0.1, 0.15) is 6.33 Å². The van der Waals surface area contributed by atoms with Crippen molar-refractivity contribution in [1.29, 1.82) is 0 Å². The standard InChI is InChI=1S/C18H21N7O5/c1-10(2)29-12-5-4-11(8-13(12)28-3)18(27)24-22-14(26)6-7-15-21-17(25-30-15)16-19-9-20-23-16/h4-5,8-10H,6-7H2,1-3H3,(H,22,26)(H,24,27)(H,19,20,23). The van der Waals surface area contributed by atoms with Gasteiger partial charge in [-0.2, -0.15) is 10.1 Å². The lowest BCUT2D eigenvalue weighted by molar-refractivity contribution is -0.121. The molecule has 0 saturated heterocycles. The maximum Gasteiger partial charge on any atom is 0.269 e. The maximum absolute atomic E-state index is 12.3. The van der Waals surface area contributed by atoms with Gasteiger partial charge in [-0.25, -0.2) is 4.98 Å². The molecule has 0 spiro atoms. The van der Waals surface area contributed by atoms with Gasteiger partial charge >= 0.3 is 0 Å². The van der Waals surface area contributed by atoms with Gasteiger partial charge in [0.05, 0.1) is 13.2 Å². The van der Waals surface area contributed by atoms with Gasteiger partial charge in [-0.1, -0.05) is 5.16 Å². The number of aromatic amines is 1. The SMILES string of the molecule is COc1cc(C(=O)NNC(=O)CCc2nc(-c3ncn[nH]3)no2)ccc1OC(C)C. The number of ether oxygens (including phenoxy) is 2. The van der Waals surface area contributed by atoms with Crippen molar-refractivity contribution in [2.45, 2.75) is 32.8 Å². The Hall–Kier alpha value is -3.96. The number of carbonyl (C=O) groups excluding carboxylic acids is 2. The summed E-state index contributed by atoms with van der Waals surface area (Å²) in [5.74, 6) is 0.891. The molecule has 2 heterocycles. The lowest BCUT2D eigenvalue weighted by Crippen LogP contribution is -2.41. The second kappa shape index (κ2) is 9.49. The van der Waals surface area contributed by atoms with Gasteiger partial charge in [-0.05, 0) is 32.0 Å². The van der Waals surface area contributed by atoms with E-state index in [1.165, 1.54) is 19.5 Å². The monoisotopic (exact) mass is 415 g/mol. The van der Waals surface area contributed by atoms with Gasteiger partial charge in [0.15, 0.2) is 17.3 Å². The molecule has 3 aromatic rings. The van der Waals surface area contributed by atoms with E-state index in [0.29, 0.717) is 22.9 Å².